The maximum atomic E-state index is 12.9. The fourth-order valence-electron chi connectivity index (χ4n) is 4.91. The molecule has 0 bridgehead atoms. The van der Waals surface area contributed by atoms with Crippen molar-refractivity contribution >= 4 is 35.8 Å². The van der Waals surface area contributed by atoms with Gasteiger partial charge in [-0.25, -0.2) is 0 Å². The zero-order valence-corrected chi connectivity index (χ0v) is 21.6. The Labute approximate surface area is 204 Å². The first-order valence-corrected chi connectivity index (χ1v) is 11.4. The fraction of sp³-hybridized carbons (Fsp3) is 0.667. The average molecular weight is 543 g/mol. The van der Waals surface area contributed by atoms with Crippen molar-refractivity contribution in [1.29, 1.82) is 0 Å². The molecule has 1 aliphatic carbocycles. The second-order valence-electron chi connectivity index (χ2n) is 8.99. The van der Waals surface area contributed by atoms with Gasteiger partial charge in [0.1, 0.15) is 0 Å². The number of nitrogens with zero attached hydrogens (tertiary/aromatic N) is 2. The van der Waals surface area contributed by atoms with E-state index in [1.807, 2.05) is 14.1 Å². The lowest BCUT2D eigenvalue weighted by Crippen LogP contribution is -2.48. The normalized spacial score (nSPS) is 19.9. The first-order valence-electron chi connectivity index (χ1n) is 11.4. The van der Waals surface area contributed by atoms with Gasteiger partial charge in [0.2, 0.25) is 5.91 Å². The number of benzene rings is 1. The molecule has 1 saturated carbocycles. The van der Waals surface area contributed by atoms with Gasteiger partial charge in [0.25, 0.3) is 0 Å². The van der Waals surface area contributed by atoms with Gasteiger partial charge < -0.3 is 20.3 Å². The second-order valence-corrected chi connectivity index (χ2v) is 8.99. The molecule has 1 saturated heterocycles. The molecule has 2 aliphatic rings. The predicted octanol–water partition coefficient (Wildman–Crippen LogP) is 3.56. The summed E-state index contributed by atoms with van der Waals surface area (Å²) < 4.78 is 5.66. The quantitative estimate of drug-likeness (QED) is 0.314. The minimum Gasteiger partial charge on any atom is -0.381 e. The highest BCUT2D eigenvalue weighted by molar-refractivity contribution is 14.0. The van der Waals surface area contributed by atoms with Crippen LogP contribution in [0.3, 0.4) is 0 Å². The number of rotatable bonds is 7. The van der Waals surface area contributed by atoms with E-state index in [4.69, 9.17) is 9.73 Å². The van der Waals surface area contributed by atoms with Crippen LogP contribution in [0, 0.1) is 5.41 Å². The Morgan fingerprint density at radius 2 is 1.71 bits per heavy atom. The van der Waals surface area contributed by atoms with E-state index < -0.39 is 0 Å². The van der Waals surface area contributed by atoms with Crippen LogP contribution in [0.1, 0.15) is 51.0 Å². The number of carbonyl (C=O) groups excluding carboxylic acids is 1. The number of guanidine groups is 1. The molecule has 1 heterocycles. The lowest BCUT2D eigenvalue weighted by molar-refractivity contribution is -0.138. The Hall–Kier alpha value is -1.35. The Bertz CT molecular complexity index is 712. The van der Waals surface area contributed by atoms with E-state index in [1.165, 1.54) is 5.56 Å². The van der Waals surface area contributed by atoms with E-state index in [1.54, 1.807) is 4.90 Å². The Kier molecular flexibility index (Phi) is 10.1. The number of hydrogen-bond acceptors (Lipinski definition) is 3. The average Bonchev–Trinajstić information content (AvgIpc) is 3.26. The van der Waals surface area contributed by atoms with Gasteiger partial charge in [-0.2, -0.15) is 0 Å². The molecule has 6 nitrogen and oxygen atoms in total. The lowest BCUT2D eigenvalue weighted by Gasteiger charge is -2.38. The molecule has 1 aromatic rings. The molecular formula is C24H39IN4O2. The van der Waals surface area contributed by atoms with Crippen LogP contribution in [0.2, 0.25) is 0 Å². The molecular weight excluding hydrogens is 503 g/mol. The molecule has 1 amide bonds. The van der Waals surface area contributed by atoms with E-state index in [2.05, 4.69) is 47.9 Å². The zero-order valence-electron chi connectivity index (χ0n) is 19.3. The molecule has 0 spiro atoms. The molecule has 1 aromatic carbocycles. The van der Waals surface area contributed by atoms with Crippen molar-refractivity contribution in [3.05, 3.63) is 35.9 Å². The number of nitrogens with one attached hydrogen (secondary N) is 2. The van der Waals surface area contributed by atoms with Gasteiger partial charge in [0, 0.05) is 45.8 Å². The SMILES string of the molecule is CCNC(=NCC1(C(=O)N(C)C)CCCC1)NCC1(c2ccccc2)CCOCC1.I. The van der Waals surface area contributed by atoms with Crippen molar-refractivity contribution in [2.24, 2.45) is 10.4 Å². The summed E-state index contributed by atoms with van der Waals surface area (Å²) in [5.41, 5.74) is 1.05. The van der Waals surface area contributed by atoms with E-state index >= 15 is 0 Å². The lowest BCUT2D eigenvalue weighted by atomic mass is 9.74. The molecule has 174 valence electrons. The van der Waals surface area contributed by atoms with Gasteiger partial charge in [-0.3, -0.25) is 9.79 Å². The van der Waals surface area contributed by atoms with E-state index in [0.717, 1.165) is 70.8 Å². The Morgan fingerprint density at radius 1 is 1.06 bits per heavy atom. The summed E-state index contributed by atoms with van der Waals surface area (Å²) >= 11 is 0. The highest BCUT2D eigenvalue weighted by Gasteiger charge is 2.42. The molecule has 7 heteroatoms. The van der Waals surface area contributed by atoms with Crippen LogP contribution in [0.4, 0.5) is 0 Å². The highest BCUT2D eigenvalue weighted by atomic mass is 127. The molecule has 0 unspecified atom stereocenters. The molecule has 0 atom stereocenters. The van der Waals surface area contributed by atoms with Crippen molar-refractivity contribution in [1.82, 2.24) is 15.5 Å². The summed E-state index contributed by atoms with van der Waals surface area (Å²) in [5.74, 6) is 1.02. The van der Waals surface area contributed by atoms with Crippen LogP contribution in [0.5, 0.6) is 0 Å². The topological polar surface area (TPSA) is 66.0 Å². The number of carbonyl (C=O) groups is 1. The van der Waals surface area contributed by atoms with Crippen molar-refractivity contribution in [3.8, 4) is 0 Å². The van der Waals surface area contributed by atoms with Crippen LogP contribution >= 0.6 is 24.0 Å². The summed E-state index contributed by atoms with van der Waals surface area (Å²) in [4.78, 5) is 19.5. The van der Waals surface area contributed by atoms with Gasteiger partial charge in [-0.05, 0) is 38.2 Å². The van der Waals surface area contributed by atoms with Crippen molar-refractivity contribution in [2.75, 3.05) is 46.9 Å². The molecule has 0 aromatic heterocycles. The number of ether oxygens (including phenoxy) is 1. The molecule has 1 aliphatic heterocycles. The van der Waals surface area contributed by atoms with E-state index in [9.17, 15) is 4.79 Å². The predicted molar refractivity (Wildman–Crippen MR) is 137 cm³/mol. The van der Waals surface area contributed by atoms with Crippen molar-refractivity contribution < 1.29 is 9.53 Å². The smallest absolute Gasteiger partial charge is 0.230 e. The monoisotopic (exact) mass is 542 g/mol. The Balaban J connectivity index is 0.00000341. The minimum absolute atomic E-state index is 0. The zero-order chi connectivity index (χ0) is 21.5. The fourth-order valence-corrected chi connectivity index (χ4v) is 4.91. The summed E-state index contributed by atoms with van der Waals surface area (Å²) in [5, 5.41) is 6.98. The molecule has 0 radical (unpaired) electrons. The van der Waals surface area contributed by atoms with E-state index in [0.29, 0.717) is 6.54 Å². The molecule has 2 fully saturated rings. The first kappa shape index (κ1) is 25.9. The maximum absolute atomic E-state index is 12.9. The minimum atomic E-state index is -0.346. The third-order valence-electron chi connectivity index (χ3n) is 6.73. The van der Waals surface area contributed by atoms with Crippen LogP contribution in [-0.4, -0.2) is 63.7 Å². The highest BCUT2D eigenvalue weighted by Crippen LogP contribution is 2.40. The summed E-state index contributed by atoms with van der Waals surface area (Å²) in [6.07, 6.45) is 6.06. The van der Waals surface area contributed by atoms with Crippen molar-refractivity contribution in [2.45, 2.75) is 50.9 Å². The maximum Gasteiger partial charge on any atom is 0.230 e. The Morgan fingerprint density at radius 3 is 2.29 bits per heavy atom. The van der Waals surface area contributed by atoms with E-state index in [-0.39, 0.29) is 40.7 Å². The van der Waals surface area contributed by atoms with Gasteiger partial charge in [-0.15, -0.1) is 24.0 Å². The van der Waals surface area contributed by atoms with Crippen LogP contribution in [0.15, 0.2) is 35.3 Å². The van der Waals surface area contributed by atoms with Gasteiger partial charge >= 0.3 is 0 Å². The van der Waals surface area contributed by atoms with Crippen molar-refractivity contribution in [3.63, 3.8) is 0 Å². The van der Waals surface area contributed by atoms with Crippen LogP contribution in [-0.2, 0) is 14.9 Å². The molecule has 2 N–H and O–H groups in total. The van der Waals surface area contributed by atoms with Gasteiger partial charge in [0.15, 0.2) is 5.96 Å². The second kappa shape index (κ2) is 12.0. The number of amides is 1. The standard InChI is InChI=1S/C24H38N4O2.HI/c1-4-25-22(27-19-24(12-8-9-13-24)21(29)28(2)3)26-18-23(14-16-30-17-15-23)20-10-6-5-7-11-20;/h5-7,10-11H,4,8-9,12-19H2,1-3H3,(H2,25,26,27);1H. The van der Waals surface area contributed by atoms with Crippen LogP contribution < -0.4 is 10.6 Å². The molecule has 31 heavy (non-hydrogen) atoms. The number of halogens is 1. The largest absolute Gasteiger partial charge is 0.381 e. The van der Waals surface area contributed by atoms with Crippen LogP contribution in [0.25, 0.3) is 0 Å². The van der Waals surface area contributed by atoms with Gasteiger partial charge in [-0.1, -0.05) is 43.2 Å². The third-order valence-corrected chi connectivity index (χ3v) is 6.73. The summed E-state index contributed by atoms with van der Waals surface area (Å²) in [7, 11) is 3.70. The third kappa shape index (κ3) is 6.34. The summed E-state index contributed by atoms with van der Waals surface area (Å²) in [6.45, 7) is 5.79. The molecule has 3 rings (SSSR count). The number of hydrogen-bond donors (Lipinski definition) is 2. The van der Waals surface area contributed by atoms with Gasteiger partial charge in [0.05, 0.1) is 12.0 Å². The summed E-state index contributed by atoms with van der Waals surface area (Å²) in [6, 6.07) is 10.7. The first-order chi connectivity index (χ1) is 14.5. The number of aliphatic imine (C=N–C) groups is 1.